The van der Waals surface area contributed by atoms with Crippen molar-refractivity contribution in [3.63, 3.8) is 0 Å². The van der Waals surface area contributed by atoms with E-state index in [0.29, 0.717) is 12.4 Å². The third-order valence-corrected chi connectivity index (χ3v) is 4.97. The number of ether oxygens (including phenoxy) is 1. The first-order chi connectivity index (χ1) is 15.0. The van der Waals surface area contributed by atoms with Gasteiger partial charge in [-0.2, -0.15) is 4.80 Å². The van der Waals surface area contributed by atoms with E-state index in [4.69, 9.17) is 4.74 Å². The molecule has 1 aromatic carbocycles. The van der Waals surface area contributed by atoms with Crippen molar-refractivity contribution in [3.05, 3.63) is 83.9 Å². The van der Waals surface area contributed by atoms with E-state index in [0.717, 1.165) is 35.5 Å². The van der Waals surface area contributed by atoms with Crippen molar-refractivity contribution in [2.45, 2.75) is 33.3 Å². The van der Waals surface area contributed by atoms with Gasteiger partial charge in [0.15, 0.2) is 0 Å². The normalized spacial score (nSPS) is 11.5. The summed E-state index contributed by atoms with van der Waals surface area (Å²) in [5.41, 5.74) is 4.18. The van der Waals surface area contributed by atoms with Gasteiger partial charge in [0.2, 0.25) is 5.82 Å². The first kappa shape index (κ1) is 20.7. The van der Waals surface area contributed by atoms with Crippen LogP contribution in [-0.2, 0) is 26.5 Å². The fourth-order valence-corrected chi connectivity index (χ4v) is 3.51. The predicted molar refractivity (Wildman–Crippen MR) is 118 cm³/mol. The molecule has 0 spiro atoms. The summed E-state index contributed by atoms with van der Waals surface area (Å²) in [5, 5.41) is 12.1. The second-order valence-corrected chi connectivity index (χ2v) is 8.41. The Morgan fingerprint density at radius 1 is 0.903 bits per heavy atom. The third-order valence-electron chi connectivity index (χ3n) is 4.97. The summed E-state index contributed by atoms with van der Waals surface area (Å²) in [6.07, 6.45) is 5.41. The number of tetrazole rings is 1. The fraction of sp³-hybridized carbons (Fsp3) is 0.292. The molecule has 0 unspecified atom stereocenters. The third kappa shape index (κ3) is 5.72. The van der Waals surface area contributed by atoms with Crippen molar-refractivity contribution in [1.82, 2.24) is 30.2 Å². The van der Waals surface area contributed by atoms with E-state index in [-0.39, 0.29) is 5.41 Å². The molecule has 0 radical (unpaired) electrons. The van der Waals surface area contributed by atoms with Crippen LogP contribution in [0.1, 0.15) is 30.8 Å². The topological polar surface area (TPSA) is 78.6 Å². The van der Waals surface area contributed by atoms with Crippen molar-refractivity contribution in [2.24, 2.45) is 12.5 Å². The van der Waals surface area contributed by atoms with Gasteiger partial charge in [-0.15, -0.1) is 10.2 Å². The van der Waals surface area contributed by atoms with E-state index in [1.165, 1.54) is 10.4 Å². The van der Waals surface area contributed by atoms with Crippen molar-refractivity contribution in [1.29, 1.82) is 0 Å². The van der Waals surface area contributed by atoms with Gasteiger partial charge in [0.25, 0.3) is 0 Å². The smallest absolute Gasteiger partial charge is 0.206 e. The number of pyridine rings is 2. The van der Waals surface area contributed by atoms with Crippen LogP contribution in [0.3, 0.4) is 0 Å². The van der Waals surface area contributed by atoms with E-state index in [2.05, 4.69) is 51.4 Å². The molecule has 3 heterocycles. The monoisotopic (exact) mass is 414 g/mol. The first-order valence-electron chi connectivity index (χ1n) is 10.3. The summed E-state index contributed by atoms with van der Waals surface area (Å²) in [4.78, 5) is 10.3. The highest BCUT2D eigenvalue weighted by atomic mass is 16.5. The number of hydrogen-bond acceptors (Lipinski definition) is 6. The van der Waals surface area contributed by atoms with Crippen LogP contribution in [0.25, 0.3) is 11.4 Å². The minimum absolute atomic E-state index is 0.0651. The zero-order chi connectivity index (χ0) is 21.7. The Labute approximate surface area is 182 Å². The van der Waals surface area contributed by atoms with Crippen LogP contribution in [0.4, 0.5) is 0 Å². The summed E-state index contributed by atoms with van der Waals surface area (Å²) >= 11 is 0. The molecule has 7 heteroatoms. The number of nitrogens with zero attached hydrogens (tertiary/aromatic N) is 6. The lowest BCUT2D eigenvalue weighted by Gasteiger charge is -2.24. The second-order valence-electron chi connectivity index (χ2n) is 8.41. The second kappa shape index (κ2) is 9.04. The Balaban J connectivity index is 1.33. The summed E-state index contributed by atoms with van der Waals surface area (Å²) in [6.45, 7) is 4.99. The molecule has 0 aliphatic carbocycles. The van der Waals surface area contributed by atoms with Gasteiger partial charge in [-0.3, -0.25) is 9.97 Å². The van der Waals surface area contributed by atoms with Gasteiger partial charge in [-0.05, 0) is 65.4 Å². The minimum Gasteiger partial charge on any atom is -0.487 e. The lowest BCUT2D eigenvalue weighted by atomic mass is 9.81. The number of hydrogen-bond donors (Lipinski definition) is 0. The number of aryl methyl sites for hydroxylation is 1. The van der Waals surface area contributed by atoms with Crippen LogP contribution in [0, 0.1) is 5.41 Å². The molecule has 158 valence electrons. The lowest BCUT2D eigenvalue weighted by molar-refractivity contribution is 0.301. The van der Waals surface area contributed by atoms with E-state index >= 15 is 0 Å². The Kier molecular flexibility index (Phi) is 6.02. The highest BCUT2D eigenvalue weighted by molar-refractivity contribution is 5.52. The highest BCUT2D eigenvalue weighted by Gasteiger charge is 2.20. The maximum Gasteiger partial charge on any atom is 0.206 e. The summed E-state index contributed by atoms with van der Waals surface area (Å²) in [6, 6.07) is 18.2. The molecule has 4 aromatic rings. The summed E-state index contributed by atoms with van der Waals surface area (Å²) < 4.78 is 5.83. The Hall–Kier alpha value is -3.61. The maximum absolute atomic E-state index is 5.83. The van der Waals surface area contributed by atoms with Gasteiger partial charge in [0.05, 0.1) is 12.7 Å². The molecule has 7 nitrogen and oxygen atoms in total. The van der Waals surface area contributed by atoms with E-state index in [9.17, 15) is 0 Å². The Morgan fingerprint density at radius 2 is 1.74 bits per heavy atom. The van der Waals surface area contributed by atoms with Gasteiger partial charge in [0.1, 0.15) is 12.4 Å². The highest BCUT2D eigenvalue weighted by Crippen LogP contribution is 2.27. The van der Waals surface area contributed by atoms with Gasteiger partial charge in [0, 0.05) is 23.7 Å². The molecule has 0 aliphatic heterocycles. The Morgan fingerprint density at radius 3 is 2.39 bits per heavy atom. The molecule has 0 atom stereocenters. The van der Waals surface area contributed by atoms with Crippen LogP contribution >= 0.6 is 0 Å². The van der Waals surface area contributed by atoms with Crippen LogP contribution in [0.2, 0.25) is 0 Å². The number of aromatic nitrogens is 6. The standard InChI is InChI=1S/C24H26N6O/c1-24(2,15-20-10-9-19(16-26-20)23-27-29-30(3)28-23)14-18-7-11-22(12-8-18)31-17-21-6-4-5-13-25-21/h4-13,16H,14-15,17H2,1-3H3. The van der Waals surface area contributed by atoms with Crippen LogP contribution in [0.5, 0.6) is 5.75 Å². The predicted octanol–water partition coefficient (Wildman–Crippen LogP) is 4.06. The van der Waals surface area contributed by atoms with E-state index < -0.39 is 0 Å². The minimum atomic E-state index is 0.0651. The molecule has 0 bridgehead atoms. The largest absolute Gasteiger partial charge is 0.487 e. The molecule has 0 saturated heterocycles. The number of rotatable bonds is 8. The summed E-state index contributed by atoms with van der Waals surface area (Å²) in [5.74, 6) is 1.44. The summed E-state index contributed by atoms with van der Waals surface area (Å²) in [7, 11) is 1.75. The molecule has 0 fully saturated rings. The van der Waals surface area contributed by atoms with E-state index in [1.54, 1.807) is 13.2 Å². The van der Waals surface area contributed by atoms with Crippen molar-refractivity contribution < 1.29 is 4.74 Å². The SMILES string of the molecule is Cn1nnc(-c2ccc(CC(C)(C)Cc3ccc(OCc4ccccn4)cc3)nc2)n1. The van der Waals surface area contributed by atoms with Crippen LogP contribution < -0.4 is 4.74 Å². The molecular weight excluding hydrogens is 388 g/mol. The molecule has 0 amide bonds. The molecule has 0 N–H and O–H groups in total. The van der Waals surface area contributed by atoms with Crippen LogP contribution in [-0.4, -0.2) is 30.2 Å². The first-order valence-corrected chi connectivity index (χ1v) is 10.3. The average Bonchev–Trinajstić information content (AvgIpc) is 3.20. The van der Waals surface area contributed by atoms with Gasteiger partial charge in [-0.25, -0.2) is 0 Å². The quantitative estimate of drug-likeness (QED) is 0.433. The van der Waals surface area contributed by atoms with Crippen molar-refractivity contribution >= 4 is 0 Å². The lowest BCUT2D eigenvalue weighted by Crippen LogP contribution is -2.19. The molecule has 4 rings (SSSR count). The van der Waals surface area contributed by atoms with Crippen molar-refractivity contribution in [2.75, 3.05) is 0 Å². The fourth-order valence-electron chi connectivity index (χ4n) is 3.51. The van der Waals surface area contributed by atoms with Crippen molar-refractivity contribution in [3.8, 4) is 17.1 Å². The molecule has 0 saturated carbocycles. The van der Waals surface area contributed by atoms with Crippen LogP contribution in [0.15, 0.2) is 67.0 Å². The maximum atomic E-state index is 5.83. The zero-order valence-electron chi connectivity index (χ0n) is 18.1. The zero-order valence-corrected chi connectivity index (χ0v) is 18.1. The van der Waals surface area contributed by atoms with Gasteiger partial charge in [-0.1, -0.05) is 32.0 Å². The number of benzene rings is 1. The Bertz CT molecular complexity index is 1110. The molecule has 0 aliphatic rings. The average molecular weight is 415 g/mol. The molecular formula is C24H26N6O. The molecule has 3 aromatic heterocycles. The van der Waals surface area contributed by atoms with Gasteiger partial charge >= 0.3 is 0 Å². The van der Waals surface area contributed by atoms with Gasteiger partial charge < -0.3 is 4.74 Å². The molecule has 31 heavy (non-hydrogen) atoms. The van der Waals surface area contributed by atoms with E-state index in [1.807, 2.05) is 48.7 Å².